The number of hydrogen-bond donors (Lipinski definition) is 2. The van der Waals surface area contributed by atoms with Crippen LogP contribution in [0.4, 0.5) is 0 Å². The van der Waals surface area contributed by atoms with Crippen LogP contribution in [-0.2, 0) is 16.0 Å². The Morgan fingerprint density at radius 3 is 2.78 bits per heavy atom. The fourth-order valence-corrected chi connectivity index (χ4v) is 2.98. The summed E-state index contributed by atoms with van der Waals surface area (Å²) in [4.78, 5) is 26.0. The van der Waals surface area contributed by atoms with E-state index in [1.54, 1.807) is 0 Å². The molecule has 126 valence electrons. The number of benzene rings is 1. The molecule has 0 radical (unpaired) electrons. The van der Waals surface area contributed by atoms with Gasteiger partial charge in [-0.2, -0.15) is 0 Å². The van der Waals surface area contributed by atoms with Gasteiger partial charge in [-0.1, -0.05) is 30.3 Å². The van der Waals surface area contributed by atoms with Crippen LogP contribution in [0.15, 0.2) is 30.3 Å². The molecule has 2 unspecified atom stereocenters. The number of nitrogens with zero attached hydrogens (tertiary/aromatic N) is 1. The van der Waals surface area contributed by atoms with Gasteiger partial charge >= 0.3 is 0 Å². The Morgan fingerprint density at radius 1 is 1.35 bits per heavy atom. The first-order valence-corrected chi connectivity index (χ1v) is 8.40. The molecule has 1 fully saturated rings. The summed E-state index contributed by atoms with van der Waals surface area (Å²) in [6.45, 7) is 3.95. The minimum atomic E-state index is -0.0453. The average Bonchev–Trinajstić information content (AvgIpc) is 2.55. The minimum absolute atomic E-state index is 0.0453. The summed E-state index contributed by atoms with van der Waals surface area (Å²) in [6, 6.07) is 9.72. The van der Waals surface area contributed by atoms with Gasteiger partial charge < -0.3 is 16.0 Å². The van der Waals surface area contributed by atoms with Gasteiger partial charge in [0.05, 0.1) is 6.42 Å². The van der Waals surface area contributed by atoms with Crippen molar-refractivity contribution in [1.29, 1.82) is 0 Å². The Hall–Kier alpha value is -1.88. The summed E-state index contributed by atoms with van der Waals surface area (Å²) in [5.41, 5.74) is 6.93. The first-order valence-electron chi connectivity index (χ1n) is 8.40. The zero-order valence-electron chi connectivity index (χ0n) is 13.8. The molecule has 0 bridgehead atoms. The fraction of sp³-hybridized carbons (Fsp3) is 0.556. The molecule has 2 amide bonds. The van der Waals surface area contributed by atoms with Crippen molar-refractivity contribution in [3.63, 3.8) is 0 Å². The lowest BCUT2D eigenvalue weighted by Gasteiger charge is -2.34. The quantitative estimate of drug-likeness (QED) is 0.831. The van der Waals surface area contributed by atoms with Crippen LogP contribution in [0.5, 0.6) is 0 Å². The number of rotatable bonds is 6. The van der Waals surface area contributed by atoms with E-state index in [4.69, 9.17) is 5.73 Å². The lowest BCUT2D eigenvalue weighted by Crippen LogP contribution is -2.45. The molecule has 0 aliphatic carbocycles. The van der Waals surface area contributed by atoms with E-state index in [1.165, 1.54) is 0 Å². The van der Waals surface area contributed by atoms with E-state index in [0.717, 1.165) is 31.5 Å². The summed E-state index contributed by atoms with van der Waals surface area (Å²) < 4.78 is 0. The first kappa shape index (κ1) is 17.5. The Bertz CT molecular complexity index is 516. The number of amides is 2. The number of hydrogen-bond acceptors (Lipinski definition) is 3. The molecule has 2 atom stereocenters. The number of nitrogens with two attached hydrogens (primary N) is 1. The highest BCUT2D eigenvalue weighted by molar-refractivity contribution is 5.80. The lowest BCUT2D eigenvalue weighted by molar-refractivity contribution is -0.133. The van der Waals surface area contributed by atoms with E-state index in [1.807, 2.05) is 42.2 Å². The van der Waals surface area contributed by atoms with Crippen LogP contribution >= 0.6 is 0 Å². The van der Waals surface area contributed by atoms with Gasteiger partial charge in [0.1, 0.15) is 0 Å². The van der Waals surface area contributed by atoms with Crippen LogP contribution in [0.3, 0.4) is 0 Å². The van der Waals surface area contributed by atoms with Gasteiger partial charge in [-0.25, -0.2) is 0 Å². The van der Waals surface area contributed by atoms with E-state index in [9.17, 15) is 9.59 Å². The maximum atomic E-state index is 12.2. The molecule has 5 nitrogen and oxygen atoms in total. The van der Waals surface area contributed by atoms with E-state index in [0.29, 0.717) is 25.3 Å². The zero-order valence-corrected chi connectivity index (χ0v) is 13.8. The maximum Gasteiger partial charge on any atom is 0.224 e. The van der Waals surface area contributed by atoms with Crippen LogP contribution < -0.4 is 11.1 Å². The predicted octanol–water partition coefficient (Wildman–Crippen LogP) is 1.32. The summed E-state index contributed by atoms with van der Waals surface area (Å²) in [7, 11) is 0. The predicted molar refractivity (Wildman–Crippen MR) is 90.7 cm³/mol. The average molecular weight is 317 g/mol. The number of likely N-dealkylation sites (tertiary alicyclic amines) is 1. The van der Waals surface area contributed by atoms with Crippen molar-refractivity contribution in [3.05, 3.63) is 35.9 Å². The third kappa shape index (κ3) is 5.67. The molecular formula is C18H27N3O2. The minimum Gasteiger partial charge on any atom is -0.355 e. The second kappa shape index (κ2) is 8.67. The molecule has 23 heavy (non-hydrogen) atoms. The normalized spacial score (nSPS) is 19.2. The van der Waals surface area contributed by atoms with E-state index < -0.39 is 0 Å². The van der Waals surface area contributed by atoms with Crippen molar-refractivity contribution >= 4 is 11.8 Å². The van der Waals surface area contributed by atoms with Crippen LogP contribution in [0.25, 0.3) is 0 Å². The molecule has 0 aromatic heterocycles. The molecule has 0 spiro atoms. The molecule has 1 aromatic rings. The standard InChI is InChI=1S/C18H27N3O2/c1-14(19)16-8-5-11-21(13-16)18(23)9-10-20-17(22)12-15-6-3-2-4-7-15/h2-4,6-7,14,16H,5,8-13,19H2,1H3,(H,20,22). The summed E-state index contributed by atoms with van der Waals surface area (Å²) in [6.07, 6.45) is 2.81. The van der Waals surface area contributed by atoms with Crippen molar-refractivity contribution in [3.8, 4) is 0 Å². The van der Waals surface area contributed by atoms with Crippen LogP contribution in [-0.4, -0.2) is 42.4 Å². The van der Waals surface area contributed by atoms with Gasteiger partial charge in [0.2, 0.25) is 11.8 Å². The van der Waals surface area contributed by atoms with Crippen LogP contribution in [0, 0.1) is 5.92 Å². The Kier molecular flexibility index (Phi) is 6.59. The van der Waals surface area contributed by atoms with E-state index in [-0.39, 0.29) is 17.9 Å². The molecule has 1 aromatic carbocycles. The molecule has 2 rings (SSSR count). The highest BCUT2D eigenvalue weighted by Crippen LogP contribution is 2.19. The SMILES string of the molecule is CC(N)C1CCCN(C(=O)CCNC(=O)Cc2ccccc2)C1. The smallest absolute Gasteiger partial charge is 0.224 e. The molecular weight excluding hydrogens is 290 g/mol. The van der Waals surface area contributed by atoms with Crippen LogP contribution in [0.1, 0.15) is 31.7 Å². The number of piperidine rings is 1. The molecule has 0 saturated carbocycles. The second-order valence-corrected chi connectivity index (χ2v) is 6.36. The first-order chi connectivity index (χ1) is 11.1. The zero-order chi connectivity index (χ0) is 16.7. The molecule has 5 heteroatoms. The van der Waals surface area contributed by atoms with Gasteiger partial charge in [-0.05, 0) is 31.2 Å². The Labute approximate surface area is 138 Å². The van der Waals surface area contributed by atoms with Gasteiger partial charge in [0.25, 0.3) is 0 Å². The number of carbonyl (C=O) groups is 2. The van der Waals surface area contributed by atoms with Crippen molar-refractivity contribution in [2.24, 2.45) is 11.7 Å². The number of carbonyl (C=O) groups excluding carboxylic acids is 2. The highest BCUT2D eigenvalue weighted by Gasteiger charge is 2.25. The topological polar surface area (TPSA) is 75.4 Å². The third-order valence-electron chi connectivity index (χ3n) is 4.42. The third-order valence-corrected chi connectivity index (χ3v) is 4.42. The van der Waals surface area contributed by atoms with Gasteiger partial charge in [0.15, 0.2) is 0 Å². The largest absolute Gasteiger partial charge is 0.355 e. The molecule has 1 aliphatic heterocycles. The van der Waals surface area contributed by atoms with Crippen LogP contribution in [0.2, 0.25) is 0 Å². The van der Waals surface area contributed by atoms with E-state index >= 15 is 0 Å². The van der Waals surface area contributed by atoms with Gasteiger partial charge in [0, 0.05) is 32.1 Å². The summed E-state index contributed by atoms with van der Waals surface area (Å²) >= 11 is 0. The highest BCUT2D eigenvalue weighted by atomic mass is 16.2. The second-order valence-electron chi connectivity index (χ2n) is 6.36. The van der Waals surface area contributed by atoms with Crippen molar-refractivity contribution in [1.82, 2.24) is 10.2 Å². The van der Waals surface area contributed by atoms with Gasteiger partial charge in [-0.15, -0.1) is 0 Å². The maximum absolute atomic E-state index is 12.2. The fourth-order valence-electron chi connectivity index (χ4n) is 2.98. The van der Waals surface area contributed by atoms with Crippen molar-refractivity contribution < 1.29 is 9.59 Å². The monoisotopic (exact) mass is 317 g/mol. The molecule has 3 N–H and O–H groups in total. The number of nitrogens with one attached hydrogen (secondary N) is 1. The molecule has 1 aliphatic rings. The lowest BCUT2D eigenvalue weighted by atomic mass is 9.92. The Balaban J connectivity index is 1.69. The van der Waals surface area contributed by atoms with Crippen molar-refractivity contribution in [2.45, 2.75) is 38.6 Å². The van der Waals surface area contributed by atoms with E-state index in [2.05, 4.69) is 5.32 Å². The molecule has 1 heterocycles. The van der Waals surface area contributed by atoms with Crippen molar-refractivity contribution in [2.75, 3.05) is 19.6 Å². The summed E-state index contributed by atoms with van der Waals surface area (Å²) in [5.74, 6) is 0.451. The molecule has 1 saturated heterocycles. The summed E-state index contributed by atoms with van der Waals surface area (Å²) in [5, 5.41) is 2.82. The Morgan fingerprint density at radius 2 is 2.09 bits per heavy atom. The van der Waals surface area contributed by atoms with Gasteiger partial charge in [-0.3, -0.25) is 9.59 Å².